The van der Waals surface area contributed by atoms with Crippen molar-refractivity contribution in [1.82, 2.24) is 0 Å². The molecule has 0 aliphatic carbocycles. The number of rotatable bonds is 3. The summed E-state index contributed by atoms with van der Waals surface area (Å²) >= 11 is 10.2. The summed E-state index contributed by atoms with van der Waals surface area (Å²) in [7, 11) is -3.75. The summed E-state index contributed by atoms with van der Waals surface area (Å²) in [6.45, 7) is 1.70. The van der Waals surface area contributed by atoms with Crippen LogP contribution in [0.3, 0.4) is 0 Å². The minimum Gasteiger partial charge on any atom is -0.279 e. The molecule has 8 heteroatoms. The maximum Gasteiger partial charge on any atom is 0.263 e. The van der Waals surface area contributed by atoms with Crippen LogP contribution in [-0.2, 0) is 10.0 Å². The lowest BCUT2D eigenvalue weighted by Crippen LogP contribution is -2.13. The van der Waals surface area contributed by atoms with Crippen LogP contribution in [0, 0.1) is 12.7 Å². The topological polar surface area (TPSA) is 46.2 Å². The predicted octanol–water partition coefficient (Wildman–Crippen LogP) is 4.41. The highest BCUT2D eigenvalue weighted by Gasteiger charge is 2.20. The van der Waals surface area contributed by atoms with Crippen molar-refractivity contribution < 1.29 is 12.8 Å². The first-order chi connectivity index (χ1) is 8.78. The molecule has 0 amide bonds. The molecule has 0 aliphatic rings. The molecule has 1 aromatic carbocycles. The van der Waals surface area contributed by atoms with Crippen molar-refractivity contribution in [3.63, 3.8) is 0 Å². The molecule has 0 spiro atoms. The van der Waals surface area contributed by atoms with Gasteiger partial charge in [-0.1, -0.05) is 11.6 Å². The third-order valence-electron chi connectivity index (χ3n) is 2.25. The zero-order valence-corrected chi connectivity index (χ0v) is 13.6. The highest BCUT2D eigenvalue weighted by molar-refractivity contribution is 9.11. The monoisotopic (exact) mass is 383 g/mol. The van der Waals surface area contributed by atoms with Crippen molar-refractivity contribution in [3.8, 4) is 0 Å². The number of halogens is 3. The van der Waals surface area contributed by atoms with Gasteiger partial charge in [-0.05, 0) is 47.1 Å². The normalized spacial score (nSPS) is 11.6. The largest absolute Gasteiger partial charge is 0.279 e. The maximum absolute atomic E-state index is 13.2. The van der Waals surface area contributed by atoms with Gasteiger partial charge in [0.05, 0.1) is 9.47 Å². The Morgan fingerprint density at radius 1 is 1.32 bits per heavy atom. The summed E-state index contributed by atoms with van der Waals surface area (Å²) in [4.78, 5) is 0.798. The average molecular weight is 385 g/mol. The Kier molecular flexibility index (Phi) is 4.20. The van der Waals surface area contributed by atoms with Crippen molar-refractivity contribution in [2.45, 2.75) is 11.8 Å². The SMILES string of the molecule is Cc1sc(Br)cc1S(=O)(=O)Nc1cc(F)cc(Cl)c1. The molecule has 0 saturated heterocycles. The van der Waals surface area contributed by atoms with Crippen molar-refractivity contribution in [2.75, 3.05) is 4.72 Å². The fraction of sp³-hybridized carbons (Fsp3) is 0.0909. The van der Waals surface area contributed by atoms with Gasteiger partial charge in [0.15, 0.2) is 0 Å². The molecule has 0 radical (unpaired) electrons. The van der Waals surface area contributed by atoms with E-state index in [1.807, 2.05) is 0 Å². The van der Waals surface area contributed by atoms with Gasteiger partial charge < -0.3 is 0 Å². The third kappa shape index (κ3) is 3.47. The van der Waals surface area contributed by atoms with Crippen molar-refractivity contribution in [2.24, 2.45) is 0 Å². The minimum absolute atomic E-state index is 0.0896. The Hall–Kier alpha value is -0.630. The zero-order chi connectivity index (χ0) is 14.2. The molecule has 1 heterocycles. The summed E-state index contributed by atoms with van der Waals surface area (Å²) in [5, 5.41) is 0.126. The third-order valence-corrected chi connectivity index (χ3v) is 5.65. The van der Waals surface area contributed by atoms with Gasteiger partial charge in [-0.3, -0.25) is 4.72 Å². The first-order valence-electron chi connectivity index (χ1n) is 5.03. The summed E-state index contributed by atoms with van der Waals surface area (Å²) < 4.78 is 40.5. The fourth-order valence-electron chi connectivity index (χ4n) is 1.52. The molecule has 0 aliphatic heterocycles. The molecule has 0 fully saturated rings. The lowest BCUT2D eigenvalue weighted by atomic mass is 10.3. The summed E-state index contributed by atoms with van der Waals surface area (Å²) in [6, 6.07) is 5.02. The van der Waals surface area contributed by atoms with E-state index in [1.165, 1.54) is 23.5 Å². The second-order valence-electron chi connectivity index (χ2n) is 3.73. The van der Waals surface area contributed by atoms with Crippen LogP contribution in [0.2, 0.25) is 5.02 Å². The molecule has 2 rings (SSSR count). The predicted molar refractivity (Wildman–Crippen MR) is 79.0 cm³/mol. The Balaban J connectivity index is 2.39. The Bertz CT molecular complexity index is 710. The molecule has 102 valence electrons. The van der Waals surface area contributed by atoms with Gasteiger partial charge in [-0.15, -0.1) is 11.3 Å². The smallest absolute Gasteiger partial charge is 0.263 e. The molecule has 0 saturated carbocycles. The molecule has 0 atom stereocenters. The molecular formula is C11H8BrClFNO2S2. The molecule has 2 aromatic rings. The van der Waals surface area contributed by atoms with E-state index in [-0.39, 0.29) is 15.6 Å². The van der Waals surface area contributed by atoms with E-state index in [0.29, 0.717) is 8.66 Å². The van der Waals surface area contributed by atoms with Gasteiger partial charge in [-0.25, -0.2) is 12.8 Å². The standard InChI is InChI=1S/C11H8BrClFNO2S2/c1-6-10(5-11(12)18-6)19(16,17)15-9-3-7(13)2-8(14)4-9/h2-5,15H,1H3. The van der Waals surface area contributed by atoms with Gasteiger partial charge in [-0.2, -0.15) is 0 Å². The van der Waals surface area contributed by atoms with Gasteiger partial charge in [0.2, 0.25) is 0 Å². The van der Waals surface area contributed by atoms with E-state index in [2.05, 4.69) is 20.7 Å². The van der Waals surface area contributed by atoms with E-state index in [0.717, 1.165) is 12.1 Å². The fourth-order valence-corrected chi connectivity index (χ4v) is 5.20. The zero-order valence-electron chi connectivity index (χ0n) is 9.58. The van der Waals surface area contributed by atoms with Crippen LogP contribution in [0.15, 0.2) is 32.9 Å². The molecule has 3 nitrogen and oxygen atoms in total. The Labute approximate surface area is 127 Å². The number of aryl methyl sites for hydroxylation is 1. The van der Waals surface area contributed by atoms with E-state index >= 15 is 0 Å². The molecule has 19 heavy (non-hydrogen) atoms. The summed E-state index contributed by atoms with van der Waals surface area (Å²) in [5.74, 6) is -0.603. The molecule has 1 N–H and O–H groups in total. The van der Waals surface area contributed by atoms with Crippen LogP contribution in [0.25, 0.3) is 0 Å². The number of hydrogen-bond donors (Lipinski definition) is 1. The maximum atomic E-state index is 13.2. The van der Waals surface area contributed by atoms with Crippen LogP contribution in [0.1, 0.15) is 4.88 Å². The number of hydrogen-bond acceptors (Lipinski definition) is 3. The molecular weight excluding hydrogens is 377 g/mol. The lowest BCUT2D eigenvalue weighted by molar-refractivity contribution is 0.601. The van der Waals surface area contributed by atoms with Crippen molar-refractivity contribution >= 4 is 54.6 Å². The van der Waals surface area contributed by atoms with Gasteiger partial charge >= 0.3 is 0 Å². The number of benzene rings is 1. The van der Waals surface area contributed by atoms with Crippen LogP contribution in [0.5, 0.6) is 0 Å². The van der Waals surface area contributed by atoms with E-state index < -0.39 is 15.8 Å². The lowest BCUT2D eigenvalue weighted by Gasteiger charge is -2.08. The van der Waals surface area contributed by atoms with E-state index in [9.17, 15) is 12.8 Å². The second kappa shape index (κ2) is 5.40. The summed E-state index contributed by atoms with van der Waals surface area (Å²) in [6.07, 6.45) is 0. The average Bonchev–Trinajstić information content (AvgIpc) is 2.56. The van der Waals surface area contributed by atoms with Crippen molar-refractivity contribution in [3.05, 3.63) is 43.8 Å². The number of nitrogens with one attached hydrogen (secondary N) is 1. The molecule has 0 bridgehead atoms. The minimum atomic E-state index is -3.75. The van der Waals surface area contributed by atoms with E-state index in [4.69, 9.17) is 11.6 Å². The van der Waals surface area contributed by atoms with Crippen molar-refractivity contribution in [1.29, 1.82) is 0 Å². The van der Waals surface area contributed by atoms with Gasteiger partial charge in [0.25, 0.3) is 10.0 Å². The highest BCUT2D eigenvalue weighted by atomic mass is 79.9. The van der Waals surface area contributed by atoms with Crippen LogP contribution in [0.4, 0.5) is 10.1 Å². The quantitative estimate of drug-likeness (QED) is 0.852. The van der Waals surface area contributed by atoms with Crippen LogP contribution in [-0.4, -0.2) is 8.42 Å². The molecule has 0 unspecified atom stereocenters. The van der Waals surface area contributed by atoms with Gasteiger partial charge in [0, 0.05) is 9.90 Å². The van der Waals surface area contributed by atoms with Gasteiger partial charge in [0.1, 0.15) is 10.7 Å². The van der Waals surface area contributed by atoms with E-state index in [1.54, 1.807) is 6.92 Å². The number of anilines is 1. The first kappa shape index (κ1) is 14.8. The first-order valence-corrected chi connectivity index (χ1v) is 8.50. The second-order valence-corrected chi connectivity index (χ2v) is 8.46. The highest BCUT2D eigenvalue weighted by Crippen LogP contribution is 2.31. The van der Waals surface area contributed by atoms with Crippen LogP contribution >= 0.6 is 38.9 Å². The molecule has 1 aromatic heterocycles. The van der Waals surface area contributed by atoms with Crippen LogP contribution < -0.4 is 4.72 Å². The number of sulfonamides is 1. The number of thiophene rings is 1. The Morgan fingerprint density at radius 2 is 2.00 bits per heavy atom. The summed E-state index contributed by atoms with van der Waals surface area (Å²) in [5.41, 5.74) is 0.0896. The Morgan fingerprint density at radius 3 is 2.53 bits per heavy atom.